The van der Waals surface area contributed by atoms with Crippen molar-refractivity contribution in [1.29, 1.82) is 0 Å². The minimum atomic E-state index is -0.744. The zero-order valence-corrected chi connectivity index (χ0v) is 15.8. The molecule has 0 atom stereocenters. The quantitative estimate of drug-likeness (QED) is 0.310. The van der Waals surface area contributed by atoms with E-state index in [0.29, 0.717) is 10.6 Å². The third-order valence-electron chi connectivity index (χ3n) is 4.47. The number of carbonyl (C=O) groups excluding carboxylic acids is 2. The predicted molar refractivity (Wildman–Crippen MR) is 103 cm³/mol. The van der Waals surface area contributed by atoms with Crippen LogP contribution in [0.5, 0.6) is 0 Å². The summed E-state index contributed by atoms with van der Waals surface area (Å²) in [5.41, 5.74) is 0.456. The summed E-state index contributed by atoms with van der Waals surface area (Å²) in [6.07, 6.45) is 2.82. The van der Waals surface area contributed by atoms with E-state index in [1.807, 2.05) is 17.9 Å². The molecule has 0 aliphatic carbocycles. The first-order valence-corrected chi connectivity index (χ1v) is 9.63. The van der Waals surface area contributed by atoms with Gasteiger partial charge in [0, 0.05) is 24.0 Å². The summed E-state index contributed by atoms with van der Waals surface area (Å²) in [4.78, 5) is 38.9. The first-order chi connectivity index (χ1) is 13.0. The van der Waals surface area contributed by atoms with Crippen LogP contribution in [-0.4, -0.2) is 36.4 Å². The van der Waals surface area contributed by atoms with Gasteiger partial charge in [0.2, 0.25) is 5.78 Å². The molecule has 0 amide bonds. The SMILES string of the molecule is CCc1ccc(C(=O)COC(=O)c2ccc(N3CCCC3)c([N+](=O)[O-])c2)s1. The Morgan fingerprint density at radius 2 is 1.96 bits per heavy atom. The molecular weight excluding hydrogens is 368 g/mol. The first kappa shape index (κ1) is 19.0. The zero-order valence-electron chi connectivity index (χ0n) is 15.0. The molecule has 3 rings (SSSR count). The maximum atomic E-state index is 12.2. The predicted octanol–water partition coefficient (Wildman–Crippen LogP) is 3.86. The second kappa shape index (κ2) is 8.30. The number of hydrogen-bond donors (Lipinski definition) is 0. The number of Topliss-reactive ketones (excluding diaryl/α,β-unsaturated/α-hetero) is 1. The van der Waals surface area contributed by atoms with Crippen LogP contribution in [0.25, 0.3) is 0 Å². The number of ketones is 1. The third kappa shape index (κ3) is 4.33. The van der Waals surface area contributed by atoms with Crippen molar-refractivity contribution in [3.8, 4) is 0 Å². The van der Waals surface area contributed by atoms with Crippen LogP contribution >= 0.6 is 11.3 Å². The number of aryl methyl sites for hydroxylation is 1. The Labute approximate surface area is 160 Å². The van der Waals surface area contributed by atoms with Crippen molar-refractivity contribution in [1.82, 2.24) is 0 Å². The number of ether oxygens (including phenoxy) is 1. The van der Waals surface area contributed by atoms with Crippen LogP contribution in [0.1, 0.15) is 44.7 Å². The Morgan fingerprint density at radius 1 is 1.22 bits per heavy atom. The van der Waals surface area contributed by atoms with Gasteiger partial charge in [-0.2, -0.15) is 0 Å². The summed E-state index contributed by atoms with van der Waals surface area (Å²) in [5, 5.41) is 11.4. The number of nitro groups is 1. The molecule has 1 aromatic carbocycles. The summed E-state index contributed by atoms with van der Waals surface area (Å²) in [6, 6.07) is 7.90. The van der Waals surface area contributed by atoms with E-state index in [-0.39, 0.29) is 23.6 Å². The van der Waals surface area contributed by atoms with Crippen molar-refractivity contribution in [2.75, 3.05) is 24.6 Å². The minimum absolute atomic E-state index is 0.0675. The number of rotatable bonds is 7. The lowest BCUT2D eigenvalue weighted by Crippen LogP contribution is -2.19. The van der Waals surface area contributed by atoms with Gasteiger partial charge >= 0.3 is 5.97 Å². The molecule has 27 heavy (non-hydrogen) atoms. The van der Waals surface area contributed by atoms with E-state index in [2.05, 4.69) is 0 Å². The molecule has 0 unspecified atom stereocenters. The van der Waals surface area contributed by atoms with Crippen LogP contribution in [0.4, 0.5) is 11.4 Å². The normalized spacial score (nSPS) is 13.6. The largest absolute Gasteiger partial charge is 0.454 e. The molecule has 0 spiro atoms. The van der Waals surface area contributed by atoms with E-state index in [4.69, 9.17) is 4.74 Å². The second-order valence-corrected chi connectivity index (χ2v) is 7.44. The Kier molecular flexibility index (Phi) is 5.85. The van der Waals surface area contributed by atoms with Crippen LogP contribution in [0, 0.1) is 10.1 Å². The summed E-state index contributed by atoms with van der Waals surface area (Å²) in [7, 11) is 0. The Balaban J connectivity index is 1.69. The van der Waals surface area contributed by atoms with Gasteiger partial charge in [-0.1, -0.05) is 6.92 Å². The molecule has 2 heterocycles. The van der Waals surface area contributed by atoms with Gasteiger partial charge in [0.05, 0.1) is 15.4 Å². The lowest BCUT2D eigenvalue weighted by Gasteiger charge is -2.17. The molecule has 2 aromatic rings. The number of esters is 1. The van der Waals surface area contributed by atoms with E-state index in [9.17, 15) is 19.7 Å². The van der Waals surface area contributed by atoms with E-state index in [1.54, 1.807) is 12.1 Å². The average molecular weight is 388 g/mol. The maximum absolute atomic E-state index is 12.2. The topological polar surface area (TPSA) is 89.8 Å². The molecule has 1 fully saturated rings. The maximum Gasteiger partial charge on any atom is 0.338 e. The zero-order chi connectivity index (χ0) is 19.4. The van der Waals surface area contributed by atoms with Gasteiger partial charge < -0.3 is 9.64 Å². The summed E-state index contributed by atoms with van der Waals surface area (Å²) in [5.74, 6) is -1.03. The molecule has 1 saturated heterocycles. The smallest absolute Gasteiger partial charge is 0.338 e. The van der Waals surface area contributed by atoms with E-state index < -0.39 is 10.9 Å². The summed E-state index contributed by atoms with van der Waals surface area (Å²) >= 11 is 1.38. The molecule has 1 aromatic heterocycles. The van der Waals surface area contributed by atoms with Crippen molar-refractivity contribution < 1.29 is 19.2 Å². The lowest BCUT2D eigenvalue weighted by atomic mass is 10.1. The highest BCUT2D eigenvalue weighted by atomic mass is 32.1. The molecule has 1 aliphatic heterocycles. The molecule has 0 saturated carbocycles. The fourth-order valence-electron chi connectivity index (χ4n) is 3.03. The van der Waals surface area contributed by atoms with Crippen molar-refractivity contribution in [3.05, 3.63) is 55.8 Å². The lowest BCUT2D eigenvalue weighted by molar-refractivity contribution is -0.384. The highest BCUT2D eigenvalue weighted by molar-refractivity contribution is 7.14. The molecular formula is C19H20N2O5S. The number of benzene rings is 1. The molecule has 7 nitrogen and oxygen atoms in total. The van der Waals surface area contributed by atoms with E-state index in [1.165, 1.54) is 23.5 Å². The monoisotopic (exact) mass is 388 g/mol. The van der Waals surface area contributed by atoms with Crippen molar-refractivity contribution >= 4 is 34.5 Å². The van der Waals surface area contributed by atoms with Crippen LogP contribution < -0.4 is 4.90 Å². The van der Waals surface area contributed by atoms with Crippen LogP contribution in [0.15, 0.2) is 30.3 Å². The molecule has 8 heteroatoms. The van der Waals surface area contributed by atoms with Gasteiger partial charge in [-0.05, 0) is 43.5 Å². The number of thiophene rings is 1. The first-order valence-electron chi connectivity index (χ1n) is 8.82. The van der Waals surface area contributed by atoms with Gasteiger partial charge in [-0.25, -0.2) is 4.79 Å². The average Bonchev–Trinajstić information content (AvgIpc) is 3.36. The number of carbonyl (C=O) groups is 2. The number of hydrogen-bond acceptors (Lipinski definition) is 7. The second-order valence-electron chi connectivity index (χ2n) is 6.27. The van der Waals surface area contributed by atoms with Gasteiger partial charge in [0.1, 0.15) is 5.69 Å². The van der Waals surface area contributed by atoms with Crippen LogP contribution in [-0.2, 0) is 11.2 Å². The van der Waals surface area contributed by atoms with E-state index in [0.717, 1.165) is 37.2 Å². The fourth-order valence-corrected chi connectivity index (χ4v) is 3.90. The Morgan fingerprint density at radius 3 is 2.59 bits per heavy atom. The Bertz CT molecular complexity index is 871. The molecule has 1 aliphatic rings. The minimum Gasteiger partial charge on any atom is -0.454 e. The van der Waals surface area contributed by atoms with Gasteiger partial charge in [0.15, 0.2) is 6.61 Å². The van der Waals surface area contributed by atoms with Crippen molar-refractivity contribution in [2.45, 2.75) is 26.2 Å². The van der Waals surface area contributed by atoms with E-state index >= 15 is 0 Å². The van der Waals surface area contributed by atoms with Gasteiger partial charge in [-0.3, -0.25) is 14.9 Å². The van der Waals surface area contributed by atoms with Gasteiger partial charge in [0.25, 0.3) is 5.69 Å². The van der Waals surface area contributed by atoms with Crippen LogP contribution in [0.2, 0.25) is 0 Å². The van der Waals surface area contributed by atoms with Crippen LogP contribution in [0.3, 0.4) is 0 Å². The molecule has 0 radical (unpaired) electrons. The van der Waals surface area contributed by atoms with Crippen molar-refractivity contribution in [2.24, 2.45) is 0 Å². The fraction of sp³-hybridized carbons (Fsp3) is 0.368. The highest BCUT2D eigenvalue weighted by Crippen LogP contribution is 2.31. The highest BCUT2D eigenvalue weighted by Gasteiger charge is 2.24. The number of anilines is 1. The van der Waals surface area contributed by atoms with Gasteiger partial charge in [-0.15, -0.1) is 11.3 Å². The molecule has 142 valence electrons. The number of nitro benzene ring substituents is 1. The summed E-state index contributed by atoms with van der Waals surface area (Å²) < 4.78 is 5.07. The summed E-state index contributed by atoms with van der Waals surface area (Å²) in [6.45, 7) is 3.14. The molecule has 0 N–H and O–H groups in total. The van der Waals surface area contributed by atoms with Crippen molar-refractivity contribution in [3.63, 3.8) is 0 Å². The third-order valence-corrected chi connectivity index (χ3v) is 5.74. The molecule has 0 bridgehead atoms. The number of nitrogens with zero attached hydrogens (tertiary/aromatic N) is 2. The standard InChI is InChI=1S/C19H20N2O5S/c1-2-14-6-8-18(27-14)17(22)12-26-19(23)13-5-7-15(16(11-13)21(24)25)20-9-3-4-10-20/h5-8,11H,2-4,9-10,12H2,1H3. The Hall–Kier alpha value is -2.74.